The second kappa shape index (κ2) is 8.47. The van der Waals surface area contributed by atoms with Gasteiger partial charge in [0.1, 0.15) is 5.56 Å². The number of nitrogens with one attached hydrogen (secondary N) is 1. The largest absolute Gasteiger partial charge is 0.493 e. The number of nitro groups is 1. The summed E-state index contributed by atoms with van der Waals surface area (Å²) >= 11 is 0. The number of ether oxygens (including phenoxy) is 3. The van der Waals surface area contributed by atoms with E-state index in [9.17, 15) is 14.9 Å². The molecule has 9 heteroatoms. The minimum atomic E-state index is -0.694. The highest BCUT2D eigenvalue weighted by molar-refractivity contribution is 5.98. The van der Waals surface area contributed by atoms with Crippen molar-refractivity contribution in [1.29, 1.82) is 0 Å². The van der Waals surface area contributed by atoms with Gasteiger partial charge in [-0.1, -0.05) is 12.1 Å². The van der Waals surface area contributed by atoms with Gasteiger partial charge >= 0.3 is 0 Å². The van der Waals surface area contributed by atoms with Crippen LogP contribution in [0, 0.1) is 10.1 Å². The van der Waals surface area contributed by atoms with Crippen molar-refractivity contribution < 1.29 is 23.9 Å². The summed E-state index contributed by atoms with van der Waals surface area (Å²) in [6, 6.07) is 8.89. The first-order valence-electron chi connectivity index (χ1n) is 7.38. The van der Waals surface area contributed by atoms with Crippen molar-refractivity contribution in [3.05, 3.63) is 57.6 Å². The van der Waals surface area contributed by atoms with Gasteiger partial charge in [0.05, 0.1) is 32.5 Å². The Morgan fingerprint density at radius 3 is 2.27 bits per heavy atom. The lowest BCUT2D eigenvalue weighted by molar-refractivity contribution is -0.385. The highest BCUT2D eigenvalue weighted by Gasteiger charge is 2.18. The molecule has 0 aliphatic carbocycles. The van der Waals surface area contributed by atoms with Crippen LogP contribution in [0.2, 0.25) is 0 Å². The number of nitro benzene ring substituents is 1. The van der Waals surface area contributed by atoms with Gasteiger partial charge in [0, 0.05) is 11.6 Å². The molecule has 2 aromatic rings. The average molecular weight is 359 g/mol. The van der Waals surface area contributed by atoms with E-state index in [0.717, 1.165) is 0 Å². The zero-order valence-electron chi connectivity index (χ0n) is 14.4. The zero-order valence-corrected chi connectivity index (χ0v) is 14.4. The van der Waals surface area contributed by atoms with Gasteiger partial charge in [0.15, 0.2) is 11.5 Å². The zero-order chi connectivity index (χ0) is 19.1. The van der Waals surface area contributed by atoms with E-state index >= 15 is 0 Å². The van der Waals surface area contributed by atoms with Crippen LogP contribution in [0.3, 0.4) is 0 Å². The van der Waals surface area contributed by atoms with Gasteiger partial charge in [0.2, 0.25) is 5.75 Å². The van der Waals surface area contributed by atoms with Crippen LogP contribution < -0.4 is 19.6 Å². The maximum Gasteiger partial charge on any atom is 0.282 e. The predicted molar refractivity (Wildman–Crippen MR) is 94.3 cm³/mol. The van der Waals surface area contributed by atoms with Crippen LogP contribution in [-0.4, -0.2) is 38.4 Å². The minimum Gasteiger partial charge on any atom is -0.493 e. The maximum atomic E-state index is 12.1. The summed E-state index contributed by atoms with van der Waals surface area (Å²) in [6.07, 6.45) is 1.36. The molecule has 2 aromatic carbocycles. The molecular weight excluding hydrogens is 342 g/mol. The van der Waals surface area contributed by atoms with Crippen molar-refractivity contribution in [1.82, 2.24) is 5.43 Å². The van der Waals surface area contributed by atoms with Gasteiger partial charge in [-0.3, -0.25) is 14.9 Å². The lowest BCUT2D eigenvalue weighted by Gasteiger charge is -2.12. The Hall–Kier alpha value is -3.62. The number of amides is 1. The molecule has 26 heavy (non-hydrogen) atoms. The molecule has 0 aromatic heterocycles. The summed E-state index contributed by atoms with van der Waals surface area (Å²) in [6.45, 7) is 0. The molecule has 0 spiro atoms. The van der Waals surface area contributed by atoms with Crippen molar-refractivity contribution in [2.75, 3.05) is 21.3 Å². The van der Waals surface area contributed by atoms with Crippen molar-refractivity contribution in [3.63, 3.8) is 0 Å². The minimum absolute atomic E-state index is 0.0838. The van der Waals surface area contributed by atoms with Gasteiger partial charge < -0.3 is 14.2 Å². The molecule has 0 heterocycles. The van der Waals surface area contributed by atoms with E-state index in [1.165, 1.54) is 51.8 Å². The molecular formula is C17H17N3O6. The normalized spacial score (nSPS) is 10.4. The topological polar surface area (TPSA) is 112 Å². The Kier molecular flexibility index (Phi) is 6.10. The van der Waals surface area contributed by atoms with Gasteiger partial charge in [-0.15, -0.1) is 0 Å². The fraction of sp³-hybridized carbons (Fsp3) is 0.176. The molecule has 0 aliphatic rings. The Morgan fingerprint density at radius 2 is 1.73 bits per heavy atom. The molecule has 136 valence electrons. The van der Waals surface area contributed by atoms with E-state index < -0.39 is 10.8 Å². The molecule has 1 N–H and O–H groups in total. The number of hydrazone groups is 1. The molecule has 0 radical (unpaired) electrons. The first-order chi connectivity index (χ1) is 12.5. The van der Waals surface area contributed by atoms with E-state index in [2.05, 4.69) is 10.5 Å². The van der Waals surface area contributed by atoms with Gasteiger partial charge in [-0.05, 0) is 18.2 Å². The summed E-state index contributed by atoms with van der Waals surface area (Å²) in [7, 11) is 4.45. The molecule has 0 saturated carbocycles. The maximum absolute atomic E-state index is 12.1. The van der Waals surface area contributed by atoms with Crippen LogP contribution >= 0.6 is 0 Å². The quantitative estimate of drug-likeness (QED) is 0.461. The van der Waals surface area contributed by atoms with Crippen LogP contribution in [-0.2, 0) is 0 Å². The molecule has 0 bridgehead atoms. The molecule has 0 atom stereocenters. The van der Waals surface area contributed by atoms with Crippen molar-refractivity contribution in [2.24, 2.45) is 5.10 Å². The molecule has 0 unspecified atom stereocenters. The Morgan fingerprint density at radius 1 is 1.12 bits per heavy atom. The lowest BCUT2D eigenvalue weighted by atomic mass is 10.2. The number of carbonyl (C=O) groups excluding carboxylic acids is 1. The number of hydrogen-bond donors (Lipinski definition) is 1. The van der Waals surface area contributed by atoms with Crippen LogP contribution in [0.25, 0.3) is 0 Å². The Balaban J connectivity index is 2.21. The number of rotatable bonds is 7. The second-order valence-corrected chi connectivity index (χ2v) is 4.93. The summed E-state index contributed by atoms with van der Waals surface area (Å²) in [4.78, 5) is 22.5. The van der Waals surface area contributed by atoms with E-state index in [1.807, 2.05) is 0 Å². The van der Waals surface area contributed by atoms with Crippen molar-refractivity contribution >= 4 is 17.8 Å². The molecule has 0 fully saturated rings. The number of para-hydroxylation sites is 1. The van der Waals surface area contributed by atoms with Gasteiger partial charge in [-0.25, -0.2) is 5.43 Å². The molecule has 9 nitrogen and oxygen atoms in total. The second-order valence-electron chi connectivity index (χ2n) is 4.93. The number of benzene rings is 2. The molecule has 1 amide bonds. The smallest absolute Gasteiger partial charge is 0.282 e. The summed E-state index contributed by atoms with van der Waals surface area (Å²) < 4.78 is 15.7. The van der Waals surface area contributed by atoms with E-state index in [1.54, 1.807) is 12.1 Å². The summed E-state index contributed by atoms with van der Waals surface area (Å²) in [5.74, 6) is 0.591. The molecule has 0 aliphatic heterocycles. The highest BCUT2D eigenvalue weighted by Crippen LogP contribution is 2.37. The fourth-order valence-electron chi connectivity index (χ4n) is 2.23. The summed E-state index contributed by atoms with van der Waals surface area (Å²) in [5.41, 5.74) is 2.45. The highest BCUT2D eigenvalue weighted by atomic mass is 16.6. The molecule has 2 rings (SSSR count). The Labute approximate surface area is 149 Å². The van der Waals surface area contributed by atoms with Gasteiger partial charge in [0.25, 0.3) is 11.6 Å². The third-order valence-corrected chi connectivity index (χ3v) is 3.41. The summed E-state index contributed by atoms with van der Waals surface area (Å²) in [5, 5.41) is 14.8. The number of carbonyl (C=O) groups is 1. The average Bonchev–Trinajstić information content (AvgIpc) is 2.66. The van der Waals surface area contributed by atoms with Crippen LogP contribution in [0.4, 0.5) is 5.69 Å². The van der Waals surface area contributed by atoms with Gasteiger partial charge in [-0.2, -0.15) is 5.10 Å². The Bertz CT molecular complexity index is 825. The SMILES string of the molecule is COc1cc(C=NNC(=O)c2ccccc2[N+](=O)[O-])cc(OC)c1OC. The first-order valence-corrected chi connectivity index (χ1v) is 7.38. The third kappa shape index (κ3) is 4.07. The lowest BCUT2D eigenvalue weighted by Crippen LogP contribution is -2.18. The number of nitrogens with zero attached hydrogens (tertiary/aromatic N) is 2. The van der Waals surface area contributed by atoms with Crippen LogP contribution in [0.1, 0.15) is 15.9 Å². The van der Waals surface area contributed by atoms with Crippen molar-refractivity contribution in [3.8, 4) is 17.2 Å². The van der Waals surface area contributed by atoms with E-state index in [0.29, 0.717) is 22.8 Å². The van der Waals surface area contributed by atoms with Crippen molar-refractivity contribution in [2.45, 2.75) is 0 Å². The van der Waals surface area contributed by atoms with E-state index in [-0.39, 0.29) is 11.3 Å². The van der Waals surface area contributed by atoms with E-state index in [4.69, 9.17) is 14.2 Å². The first kappa shape index (κ1) is 18.7. The fourth-order valence-corrected chi connectivity index (χ4v) is 2.23. The monoisotopic (exact) mass is 359 g/mol. The third-order valence-electron chi connectivity index (χ3n) is 3.41. The number of hydrogen-bond acceptors (Lipinski definition) is 7. The van der Waals surface area contributed by atoms with Crippen LogP contribution in [0.15, 0.2) is 41.5 Å². The number of methoxy groups -OCH3 is 3. The molecule has 0 saturated heterocycles. The van der Waals surface area contributed by atoms with Crippen LogP contribution in [0.5, 0.6) is 17.2 Å². The predicted octanol–water partition coefficient (Wildman–Crippen LogP) is 2.38. The standard InChI is InChI=1S/C17H17N3O6/c1-24-14-8-11(9-15(25-2)16(14)26-3)10-18-19-17(21)12-6-4-5-7-13(12)20(22)23/h4-10H,1-3H3,(H,19,21).